The lowest BCUT2D eigenvalue weighted by atomic mass is 10.2. The van der Waals surface area contributed by atoms with Crippen molar-refractivity contribution in [2.45, 2.75) is 13.2 Å². The summed E-state index contributed by atoms with van der Waals surface area (Å²) in [6.45, 7) is 3.42. The molecule has 0 N–H and O–H groups in total. The summed E-state index contributed by atoms with van der Waals surface area (Å²) in [5.74, 6) is 0.625. The summed E-state index contributed by atoms with van der Waals surface area (Å²) in [4.78, 5) is 16.8. The smallest absolute Gasteiger partial charge is 0.289 e. The fourth-order valence-corrected chi connectivity index (χ4v) is 4.42. The largest absolute Gasteiger partial charge is 0.483 e. The molecule has 0 atom stereocenters. The average Bonchev–Trinajstić information content (AvgIpc) is 3.24. The Labute approximate surface area is 200 Å². The van der Waals surface area contributed by atoms with E-state index in [4.69, 9.17) is 44.0 Å². The Bertz CT molecular complexity index is 1070. The fraction of sp³-hybridized carbons (Fsp3) is 0.261. The number of carbonyl (C=O) groups excluding carboxylic acids is 1. The van der Waals surface area contributed by atoms with Crippen LogP contribution < -0.4 is 4.74 Å². The van der Waals surface area contributed by atoms with Gasteiger partial charge in [0.1, 0.15) is 18.2 Å². The minimum Gasteiger partial charge on any atom is -0.483 e. The molecule has 5 nitrogen and oxygen atoms in total. The summed E-state index contributed by atoms with van der Waals surface area (Å²) in [5.41, 5.74) is 1.04. The van der Waals surface area contributed by atoms with Crippen molar-refractivity contribution in [3.05, 3.63) is 86.5 Å². The Balaban J connectivity index is 1.30. The Kier molecular flexibility index (Phi) is 7.26. The van der Waals surface area contributed by atoms with Gasteiger partial charge in [0, 0.05) is 37.7 Å². The van der Waals surface area contributed by atoms with E-state index in [0.717, 1.165) is 25.2 Å². The first-order valence-electron chi connectivity index (χ1n) is 10.0. The minimum atomic E-state index is -0.244. The third kappa shape index (κ3) is 5.56. The number of nitrogens with zero attached hydrogens (tertiary/aromatic N) is 2. The molecule has 0 aliphatic carbocycles. The Morgan fingerprint density at radius 2 is 1.62 bits per heavy atom. The number of rotatable bonds is 6. The summed E-state index contributed by atoms with van der Waals surface area (Å²) < 4.78 is 24.4. The molecule has 1 aliphatic heterocycles. The number of piperazine rings is 1. The molecular weight excluding hydrogens is 478 g/mol. The molecule has 1 amide bonds. The molecule has 1 saturated heterocycles. The van der Waals surface area contributed by atoms with Crippen molar-refractivity contribution in [3.8, 4) is 5.75 Å². The molecule has 2 heterocycles. The topological polar surface area (TPSA) is 45.9 Å². The van der Waals surface area contributed by atoms with E-state index in [1.807, 2.05) is 0 Å². The highest BCUT2D eigenvalue weighted by atomic mass is 35.5. The normalized spacial score (nSPS) is 14.6. The molecule has 0 spiro atoms. The Hall–Kier alpha value is -2.25. The highest BCUT2D eigenvalue weighted by molar-refractivity contribution is 6.40. The van der Waals surface area contributed by atoms with Gasteiger partial charge in [0.15, 0.2) is 11.5 Å². The van der Waals surface area contributed by atoms with Crippen LogP contribution in [-0.2, 0) is 13.2 Å². The number of carbonyl (C=O) groups is 1. The number of halogens is 4. The van der Waals surface area contributed by atoms with Crippen LogP contribution in [0.3, 0.4) is 0 Å². The lowest BCUT2D eigenvalue weighted by Gasteiger charge is -2.34. The summed E-state index contributed by atoms with van der Waals surface area (Å²) in [6.07, 6.45) is 0. The molecule has 0 unspecified atom stereocenters. The van der Waals surface area contributed by atoms with E-state index >= 15 is 0 Å². The third-order valence-electron chi connectivity index (χ3n) is 5.17. The van der Waals surface area contributed by atoms with Crippen molar-refractivity contribution >= 4 is 40.7 Å². The first kappa shape index (κ1) is 22.9. The first-order chi connectivity index (χ1) is 15.4. The van der Waals surface area contributed by atoms with E-state index in [0.29, 0.717) is 39.7 Å². The predicted molar refractivity (Wildman–Crippen MR) is 122 cm³/mol. The molecule has 168 valence electrons. The molecule has 9 heteroatoms. The van der Waals surface area contributed by atoms with Gasteiger partial charge in [0.2, 0.25) is 0 Å². The average molecular weight is 498 g/mol. The molecule has 3 aromatic rings. The van der Waals surface area contributed by atoms with Crippen LogP contribution >= 0.6 is 34.8 Å². The van der Waals surface area contributed by atoms with E-state index in [1.54, 1.807) is 29.2 Å². The fourth-order valence-electron chi connectivity index (χ4n) is 3.49. The van der Waals surface area contributed by atoms with Crippen molar-refractivity contribution < 1.29 is 18.3 Å². The van der Waals surface area contributed by atoms with E-state index in [2.05, 4.69) is 4.90 Å². The van der Waals surface area contributed by atoms with E-state index in [1.165, 1.54) is 24.3 Å². The van der Waals surface area contributed by atoms with Crippen molar-refractivity contribution in [2.75, 3.05) is 26.2 Å². The number of benzene rings is 2. The summed E-state index contributed by atoms with van der Waals surface area (Å²) in [6, 6.07) is 12.9. The minimum absolute atomic E-state index is 0.0692. The van der Waals surface area contributed by atoms with E-state index in [-0.39, 0.29) is 24.1 Å². The molecule has 0 radical (unpaired) electrons. The predicted octanol–water partition coefficient (Wildman–Crippen LogP) is 5.92. The maximum absolute atomic E-state index is 13.1. The highest BCUT2D eigenvalue weighted by Crippen LogP contribution is 2.36. The molecule has 0 bridgehead atoms. The highest BCUT2D eigenvalue weighted by Gasteiger charge is 2.24. The van der Waals surface area contributed by atoms with Crippen molar-refractivity contribution in [2.24, 2.45) is 0 Å². The van der Waals surface area contributed by atoms with Crippen molar-refractivity contribution in [1.82, 2.24) is 9.80 Å². The number of amides is 1. The molecule has 1 aliphatic rings. The molecule has 1 fully saturated rings. The quantitative estimate of drug-likeness (QED) is 0.424. The second-order valence-electron chi connectivity index (χ2n) is 7.45. The van der Waals surface area contributed by atoms with Crippen LogP contribution in [0.25, 0.3) is 0 Å². The lowest BCUT2D eigenvalue weighted by molar-refractivity contribution is 0.0594. The van der Waals surface area contributed by atoms with Gasteiger partial charge in [0.25, 0.3) is 5.91 Å². The third-order valence-corrected chi connectivity index (χ3v) is 5.95. The van der Waals surface area contributed by atoms with Gasteiger partial charge in [-0.3, -0.25) is 9.69 Å². The van der Waals surface area contributed by atoms with Crippen LogP contribution in [0.15, 0.2) is 52.9 Å². The maximum atomic E-state index is 13.1. The standard InChI is InChI=1S/C23H20Cl3FN2O3/c24-16-11-19(25)22(20(26)12-16)31-14-18-5-6-21(32-18)23(30)29-9-7-28(8-10-29)13-15-1-3-17(27)4-2-15/h1-6,11-12H,7-10,13-14H2. The van der Waals surface area contributed by atoms with Crippen molar-refractivity contribution in [3.63, 3.8) is 0 Å². The molecule has 1 aromatic heterocycles. The molecule has 2 aromatic carbocycles. The van der Waals surface area contributed by atoms with Gasteiger partial charge in [-0.15, -0.1) is 0 Å². The lowest BCUT2D eigenvalue weighted by Crippen LogP contribution is -2.48. The zero-order valence-electron chi connectivity index (χ0n) is 17.0. The summed E-state index contributed by atoms with van der Waals surface area (Å²) in [7, 11) is 0. The van der Waals surface area contributed by atoms with Crippen LogP contribution in [0.1, 0.15) is 21.9 Å². The zero-order valence-corrected chi connectivity index (χ0v) is 19.3. The summed E-state index contributed by atoms with van der Waals surface area (Å²) >= 11 is 18.1. The van der Waals surface area contributed by atoms with Crippen LogP contribution in [0, 0.1) is 5.82 Å². The number of hydrogen-bond acceptors (Lipinski definition) is 4. The summed E-state index contributed by atoms with van der Waals surface area (Å²) in [5, 5.41) is 1.00. The SMILES string of the molecule is O=C(c1ccc(COc2c(Cl)cc(Cl)cc2Cl)o1)N1CCN(Cc2ccc(F)cc2)CC1. The first-order valence-corrected chi connectivity index (χ1v) is 11.1. The molecule has 4 rings (SSSR count). The van der Waals surface area contributed by atoms with Crippen LogP contribution in [0.2, 0.25) is 15.1 Å². The van der Waals surface area contributed by atoms with Crippen LogP contribution in [0.4, 0.5) is 4.39 Å². The van der Waals surface area contributed by atoms with Gasteiger partial charge in [-0.1, -0.05) is 46.9 Å². The van der Waals surface area contributed by atoms with E-state index in [9.17, 15) is 9.18 Å². The van der Waals surface area contributed by atoms with Gasteiger partial charge >= 0.3 is 0 Å². The molecule has 0 saturated carbocycles. The number of ether oxygens (including phenoxy) is 1. The second kappa shape index (κ2) is 10.1. The molecular formula is C23H20Cl3FN2O3. The molecule has 32 heavy (non-hydrogen) atoms. The second-order valence-corrected chi connectivity index (χ2v) is 8.70. The Morgan fingerprint density at radius 3 is 2.28 bits per heavy atom. The Morgan fingerprint density at radius 1 is 0.969 bits per heavy atom. The van der Waals surface area contributed by atoms with Gasteiger partial charge < -0.3 is 14.1 Å². The maximum Gasteiger partial charge on any atom is 0.289 e. The van der Waals surface area contributed by atoms with Gasteiger partial charge in [-0.05, 0) is 42.0 Å². The number of furan rings is 1. The number of hydrogen-bond donors (Lipinski definition) is 0. The van der Waals surface area contributed by atoms with Crippen LogP contribution in [-0.4, -0.2) is 41.9 Å². The van der Waals surface area contributed by atoms with Gasteiger partial charge in [-0.25, -0.2) is 4.39 Å². The zero-order chi connectivity index (χ0) is 22.7. The van der Waals surface area contributed by atoms with E-state index < -0.39 is 0 Å². The van der Waals surface area contributed by atoms with Gasteiger partial charge in [0.05, 0.1) is 10.0 Å². The van der Waals surface area contributed by atoms with Crippen molar-refractivity contribution in [1.29, 1.82) is 0 Å². The monoisotopic (exact) mass is 496 g/mol. The van der Waals surface area contributed by atoms with Gasteiger partial charge in [-0.2, -0.15) is 0 Å². The van der Waals surface area contributed by atoms with Crippen LogP contribution in [0.5, 0.6) is 5.75 Å².